The Morgan fingerprint density at radius 3 is 2.89 bits per heavy atom. The fourth-order valence-electron chi connectivity index (χ4n) is 2.98. The van der Waals surface area contributed by atoms with E-state index in [1.807, 2.05) is 13.2 Å². The molecule has 2 aliphatic rings. The number of carbonyl (C=O) groups is 1. The molecule has 0 bridgehead atoms. The van der Waals surface area contributed by atoms with Crippen molar-refractivity contribution < 1.29 is 14.3 Å². The summed E-state index contributed by atoms with van der Waals surface area (Å²) < 4.78 is 11.1. The summed E-state index contributed by atoms with van der Waals surface area (Å²) in [7, 11) is 0. The molecule has 0 amide bonds. The Morgan fingerprint density at radius 2 is 2.26 bits per heavy atom. The van der Waals surface area contributed by atoms with E-state index in [0.717, 1.165) is 12.3 Å². The second-order valence-electron chi connectivity index (χ2n) is 6.27. The smallest absolute Gasteiger partial charge is 0.318 e. The number of carbonyl (C=O) groups excluding carboxylic acids is 1. The van der Waals surface area contributed by atoms with E-state index in [4.69, 9.17) is 9.47 Å². The molecule has 3 nitrogen and oxygen atoms in total. The van der Waals surface area contributed by atoms with Gasteiger partial charge in [-0.15, -0.1) is 0 Å². The monoisotopic (exact) mass is 286 g/mol. The molecular formula is C15H26O3S. The molecule has 1 aliphatic carbocycles. The van der Waals surface area contributed by atoms with Crippen molar-refractivity contribution >= 4 is 17.7 Å². The summed E-state index contributed by atoms with van der Waals surface area (Å²) in [6.45, 7) is 6.96. The third kappa shape index (κ3) is 3.66. The minimum absolute atomic E-state index is 0.0504. The van der Waals surface area contributed by atoms with Gasteiger partial charge in [0.2, 0.25) is 0 Å². The number of thioether (sulfide) groups is 1. The van der Waals surface area contributed by atoms with Crippen LogP contribution in [0.15, 0.2) is 0 Å². The van der Waals surface area contributed by atoms with E-state index < -0.39 is 0 Å². The second kappa shape index (κ2) is 6.04. The Labute approximate surface area is 120 Å². The number of hydrogen-bond acceptors (Lipinski definition) is 4. The number of fused-ring (bicyclic) bond motifs is 1. The largest absolute Gasteiger partial charge is 0.465 e. The predicted octanol–water partition coefficient (Wildman–Crippen LogP) is 3.26. The number of epoxide rings is 1. The van der Waals surface area contributed by atoms with Gasteiger partial charge in [-0.2, -0.15) is 11.8 Å². The van der Waals surface area contributed by atoms with Crippen LogP contribution in [0.25, 0.3) is 0 Å². The third-order valence-electron chi connectivity index (χ3n) is 4.87. The van der Waals surface area contributed by atoms with Crippen molar-refractivity contribution in [2.75, 3.05) is 12.9 Å². The molecule has 0 spiro atoms. The lowest BCUT2D eigenvalue weighted by Crippen LogP contribution is -2.26. The first kappa shape index (κ1) is 15.2. The summed E-state index contributed by atoms with van der Waals surface area (Å²) in [6.07, 6.45) is 7.03. The van der Waals surface area contributed by atoms with Gasteiger partial charge >= 0.3 is 5.97 Å². The van der Waals surface area contributed by atoms with Gasteiger partial charge in [-0.25, -0.2) is 0 Å². The zero-order valence-corrected chi connectivity index (χ0v) is 13.3. The summed E-state index contributed by atoms with van der Waals surface area (Å²) in [5.41, 5.74) is 0.205. The molecule has 0 aromatic heterocycles. The van der Waals surface area contributed by atoms with E-state index in [1.165, 1.54) is 31.0 Å². The van der Waals surface area contributed by atoms with E-state index >= 15 is 0 Å². The molecule has 5 atom stereocenters. The van der Waals surface area contributed by atoms with Crippen LogP contribution in [0.1, 0.15) is 46.5 Å². The van der Waals surface area contributed by atoms with Crippen molar-refractivity contribution in [3.05, 3.63) is 0 Å². The molecular weight excluding hydrogens is 260 g/mol. The summed E-state index contributed by atoms with van der Waals surface area (Å²) in [4.78, 5) is 11.6. The van der Waals surface area contributed by atoms with Gasteiger partial charge in [0.15, 0.2) is 0 Å². The van der Waals surface area contributed by atoms with Crippen LogP contribution in [0.2, 0.25) is 0 Å². The van der Waals surface area contributed by atoms with Crippen molar-refractivity contribution in [2.45, 2.75) is 63.4 Å². The Kier molecular flexibility index (Phi) is 4.83. The first-order valence-corrected chi connectivity index (χ1v) is 8.62. The highest BCUT2D eigenvalue weighted by molar-refractivity contribution is 7.99. The molecule has 0 aromatic rings. The molecule has 0 N–H and O–H groups in total. The Balaban J connectivity index is 1.65. The van der Waals surface area contributed by atoms with Gasteiger partial charge in [0, 0.05) is 0 Å². The first-order valence-electron chi connectivity index (χ1n) is 7.33. The molecule has 110 valence electrons. The lowest BCUT2D eigenvalue weighted by Gasteiger charge is -2.27. The van der Waals surface area contributed by atoms with E-state index in [1.54, 1.807) is 0 Å². The Hall–Kier alpha value is -0.220. The molecule has 1 saturated carbocycles. The quantitative estimate of drug-likeness (QED) is 0.555. The molecule has 1 heterocycles. The maximum atomic E-state index is 11.6. The van der Waals surface area contributed by atoms with Crippen molar-refractivity contribution in [1.82, 2.24) is 0 Å². The number of hydrogen-bond donors (Lipinski definition) is 0. The average molecular weight is 286 g/mol. The van der Waals surface area contributed by atoms with Crippen LogP contribution >= 0.6 is 11.8 Å². The number of rotatable bonds is 6. The maximum Gasteiger partial charge on any atom is 0.318 e. The zero-order valence-electron chi connectivity index (χ0n) is 12.5. The van der Waals surface area contributed by atoms with Gasteiger partial charge < -0.3 is 9.47 Å². The predicted molar refractivity (Wildman–Crippen MR) is 78.3 cm³/mol. The highest BCUT2D eigenvalue weighted by atomic mass is 32.2. The van der Waals surface area contributed by atoms with Crippen LogP contribution in [0, 0.1) is 11.8 Å². The van der Waals surface area contributed by atoms with Crippen molar-refractivity contribution in [3.63, 3.8) is 0 Å². The number of ether oxygens (including phenoxy) is 2. The van der Waals surface area contributed by atoms with Gasteiger partial charge in [-0.3, -0.25) is 4.79 Å². The standard InChI is InChI=1S/C15H26O3S/c1-10(6-8-17-14(16)11(2)19-4)12-5-7-15(3)13(9-12)18-15/h10-13H,5-9H2,1-4H3. The Bertz CT molecular complexity index is 333. The van der Waals surface area contributed by atoms with E-state index in [9.17, 15) is 4.79 Å². The fourth-order valence-corrected chi connectivity index (χ4v) is 3.25. The minimum atomic E-state index is -0.0820. The molecule has 5 unspecified atom stereocenters. The van der Waals surface area contributed by atoms with E-state index in [2.05, 4.69) is 13.8 Å². The molecule has 4 heteroatoms. The van der Waals surface area contributed by atoms with Gasteiger partial charge in [0.05, 0.1) is 23.6 Å². The Morgan fingerprint density at radius 1 is 1.53 bits per heavy atom. The van der Waals surface area contributed by atoms with Gasteiger partial charge in [0.25, 0.3) is 0 Å². The van der Waals surface area contributed by atoms with Gasteiger partial charge in [0.1, 0.15) is 0 Å². The van der Waals surface area contributed by atoms with Gasteiger partial charge in [-0.05, 0) is 57.6 Å². The lowest BCUT2D eigenvalue weighted by molar-refractivity contribution is -0.143. The van der Waals surface area contributed by atoms with Crippen molar-refractivity contribution in [1.29, 1.82) is 0 Å². The van der Waals surface area contributed by atoms with Crippen LogP contribution in [0.3, 0.4) is 0 Å². The molecule has 2 fully saturated rings. The SMILES string of the molecule is CSC(C)C(=O)OCCC(C)C1CCC2(C)OC2C1. The van der Waals surface area contributed by atoms with E-state index in [-0.39, 0.29) is 16.8 Å². The van der Waals surface area contributed by atoms with Gasteiger partial charge in [-0.1, -0.05) is 6.92 Å². The molecule has 0 aromatic carbocycles. The topological polar surface area (TPSA) is 38.8 Å². The maximum absolute atomic E-state index is 11.6. The molecule has 1 aliphatic heterocycles. The van der Waals surface area contributed by atoms with Crippen LogP contribution in [-0.4, -0.2) is 35.8 Å². The fraction of sp³-hybridized carbons (Fsp3) is 0.933. The zero-order chi connectivity index (χ0) is 14.0. The average Bonchev–Trinajstić information content (AvgIpc) is 3.07. The summed E-state index contributed by atoms with van der Waals surface area (Å²) in [5, 5.41) is -0.0504. The van der Waals surface area contributed by atoms with Crippen LogP contribution in [0.4, 0.5) is 0 Å². The summed E-state index contributed by atoms with van der Waals surface area (Å²) in [6, 6.07) is 0. The third-order valence-corrected chi connectivity index (χ3v) is 5.77. The van der Waals surface area contributed by atoms with Crippen LogP contribution in [-0.2, 0) is 14.3 Å². The van der Waals surface area contributed by atoms with E-state index in [0.29, 0.717) is 18.6 Å². The van der Waals surface area contributed by atoms with Crippen LogP contribution in [0.5, 0.6) is 0 Å². The summed E-state index contributed by atoms with van der Waals surface area (Å²) in [5.74, 6) is 1.27. The second-order valence-corrected chi connectivity index (χ2v) is 7.44. The first-order chi connectivity index (χ1) is 8.96. The molecule has 2 rings (SSSR count). The molecule has 1 saturated heterocycles. The lowest BCUT2D eigenvalue weighted by atomic mass is 9.76. The number of esters is 1. The molecule has 19 heavy (non-hydrogen) atoms. The van der Waals surface area contributed by atoms with Crippen molar-refractivity contribution in [3.8, 4) is 0 Å². The normalized spacial score (nSPS) is 36.2. The minimum Gasteiger partial charge on any atom is -0.465 e. The summed E-state index contributed by atoms with van der Waals surface area (Å²) >= 11 is 1.53. The molecule has 0 radical (unpaired) electrons. The highest BCUT2D eigenvalue weighted by Crippen LogP contribution is 2.50. The van der Waals surface area contributed by atoms with Crippen molar-refractivity contribution in [2.24, 2.45) is 11.8 Å². The van der Waals surface area contributed by atoms with Crippen LogP contribution < -0.4 is 0 Å². The highest BCUT2D eigenvalue weighted by Gasteiger charge is 2.55.